The van der Waals surface area contributed by atoms with Crippen LogP contribution in [0.1, 0.15) is 54.2 Å². The SMILES string of the molecule is COC(=O)c1ccc([C@@H]2Nc3ccc4ncccc4c3C3=C2C(=O)CC(C)(C)C3)cc1. The summed E-state index contributed by atoms with van der Waals surface area (Å²) < 4.78 is 4.81. The number of fused-ring (bicyclic) bond motifs is 4. The number of methoxy groups -OCH3 is 1. The molecule has 1 atom stereocenters. The van der Waals surface area contributed by atoms with E-state index in [9.17, 15) is 9.59 Å². The Bertz CT molecular complexity index is 1260. The summed E-state index contributed by atoms with van der Waals surface area (Å²) >= 11 is 0. The number of rotatable bonds is 2. The zero-order valence-corrected chi connectivity index (χ0v) is 17.9. The summed E-state index contributed by atoms with van der Waals surface area (Å²) in [6, 6.07) is 15.1. The summed E-state index contributed by atoms with van der Waals surface area (Å²) in [5.74, 6) is -0.199. The van der Waals surface area contributed by atoms with Gasteiger partial charge < -0.3 is 10.1 Å². The molecule has 0 bridgehead atoms. The average Bonchev–Trinajstić information content (AvgIpc) is 2.76. The molecule has 2 aromatic carbocycles. The van der Waals surface area contributed by atoms with Crippen LogP contribution in [0, 0.1) is 5.41 Å². The zero-order valence-electron chi connectivity index (χ0n) is 17.9. The van der Waals surface area contributed by atoms with Gasteiger partial charge in [0.05, 0.1) is 24.2 Å². The Morgan fingerprint density at radius 1 is 1.10 bits per heavy atom. The molecule has 3 aromatic rings. The maximum Gasteiger partial charge on any atom is 0.337 e. The van der Waals surface area contributed by atoms with Crippen LogP contribution in [0.4, 0.5) is 5.69 Å². The first-order valence-electron chi connectivity index (χ1n) is 10.5. The molecule has 0 fully saturated rings. The third-order valence-corrected chi connectivity index (χ3v) is 6.26. The fourth-order valence-corrected chi connectivity index (χ4v) is 4.90. The molecule has 0 radical (unpaired) electrons. The van der Waals surface area contributed by atoms with Crippen molar-refractivity contribution in [3.8, 4) is 0 Å². The van der Waals surface area contributed by atoms with E-state index < -0.39 is 0 Å². The maximum atomic E-state index is 13.4. The molecule has 1 aromatic heterocycles. The fourth-order valence-electron chi connectivity index (χ4n) is 4.90. The molecule has 0 amide bonds. The van der Waals surface area contributed by atoms with Crippen LogP contribution in [-0.2, 0) is 9.53 Å². The van der Waals surface area contributed by atoms with Gasteiger partial charge >= 0.3 is 5.97 Å². The number of ether oxygens (including phenoxy) is 1. The van der Waals surface area contributed by atoms with E-state index in [1.165, 1.54) is 7.11 Å². The van der Waals surface area contributed by atoms with Gasteiger partial charge in [-0.05, 0) is 53.3 Å². The minimum absolute atomic E-state index is 0.103. The fraction of sp³-hybridized carbons (Fsp3) is 0.269. The highest BCUT2D eigenvalue weighted by atomic mass is 16.5. The van der Waals surface area contributed by atoms with E-state index in [0.717, 1.165) is 45.3 Å². The Hall–Kier alpha value is -3.47. The first-order chi connectivity index (χ1) is 14.9. The van der Waals surface area contributed by atoms with Crippen LogP contribution in [0.15, 0.2) is 60.3 Å². The van der Waals surface area contributed by atoms with E-state index in [-0.39, 0.29) is 23.2 Å². The minimum atomic E-state index is -0.372. The van der Waals surface area contributed by atoms with Gasteiger partial charge in [0.15, 0.2) is 5.78 Å². The lowest BCUT2D eigenvalue weighted by molar-refractivity contribution is -0.118. The molecule has 0 saturated carbocycles. The number of esters is 1. The summed E-state index contributed by atoms with van der Waals surface area (Å²) in [5, 5.41) is 4.66. The van der Waals surface area contributed by atoms with Gasteiger partial charge in [-0.2, -0.15) is 0 Å². The Morgan fingerprint density at radius 3 is 2.61 bits per heavy atom. The monoisotopic (exact) mass is 412 g/mol. The lowest BCUT2D eigenvalue weighted by Gasteiger charge is -2.40. The Kier molecular flexibility index (Phi) is 4.43. The summed E-state index contributed by atoms with van der Waals surface area (Å²) in [4.78, 5) is 29.8. The van der Waals surface area contributed by atoms with Crippen LogP contribution < -0.4 is 5.32 Å². The third-order valence-electron chi connectivity index (χ3n) is 6.26. The molecule has 5 rings (SSSR count). The molecule has 5 heteroatoms. The normalized spacial score (nSPS) is 19.5. The Labute approximate surface area is 181 Å². The Morgan fingerprint density at radius 2 is 1.87 bits per heavy atom. The van der Waals surface area contributed by atoms with Crippen molar-refractivity contribution in [2.24, 2.45) is 5.41 Å². The number of pyridine rings is 1. The summed E-state index contributed by atoms with van der Waals surface area (Å²) in [6.07, 6.45) is 3.14. The summed E-state index contributed by atoms with van der Waals surface area (Å²) in [5.41, 5.74) is 6.29. The van der Waals surface area contributed by atoms with Gasteiger partial charge in [0.25, 0.3) is 0 Å². The van der Waals surface area contributed by atoms with E-state index in [1.807, 2.05) is 24.3 Å². The van der Waals surface area contributed by atoms with Gasteiger partial charge in [0.1, 0.15) is 0 Å². The standard InChI is InChI=1S/C26H24N2O3/c1-26(2)13-18-22-17-5-4-12-27-19(17)10-11-20(22)28-24(23(18)21(29)14-26)15-6-8-16(9-7-15)25(30)31-3/h4-12,24,28H,13-14H2,1-3H3/t24-/m0/s1. The van der Waals surface area contributed by atoms with Crippen molar-refractivity contribution in [3.63, 3.8) is 0 Å². The molecule has 0 unspecified atom stereocenters. The molecule has 1 N–H and O–H groups in total. The predicted molar refractivity (Wildman–Crippen MR) is 121 cm³/mol. The number of hydrogen-bond acceptors (Lipinski definition) is 5. The number of aromatic nitrogens is 1. The molecule has 2 aliphatic rings. The van der Waals surface area contributed by atoms with Gasteiger partial charge in [-0.1, -0.05) is 32.0 Å². The van der Waals surface area contributed by atoms with Crippen molar-refractivity contribution in [2.45, 2.75) is 32.7 Å². The second kappa shape index (κ2) is 7.05. The largest absolute Gasteiger partial charge is 0.465 e. The van der Waals surface area contributed by atoms with Crippen molar-refractivity contribution in [1.82, 2.24) is 4.98 Å². The van der Waals surface area contributed by atoms with Gasteiger partial charge in [0, 0.05) is 34.8 Å². The van der Waals surface area contributed by atoms with Crippen LogP contribution in [0.5, 0.6) is 0 Å². The van der Waals surface area contributed by atoms with E-state index in [2.05, 4.69) is 36.3 Å². The third kappa shape index (κ3) is 3.21. The second-order valence-corrected chi connectivity index (χ2v) is 9.08. The lowest BCUT2D eigenvalue weighted by Crippen LogP contribution is -2.33. The highest BCUT2D eigenvalue weighted by Crippen LogP contribution is 2.51. The van der Waals surface area contributed by atoms with E-state index >= 15 is 0 Å². The number of allylic oxidation sites excluding steroid dienone is 1. The topological polar surface area (TPSA) is 68.3 Å². The Balaban J connectivity index is 1.71. The van der Waals surface area contributed by atoms with Gasteiger partial charge in [-0.15, -0.1) is 0 Å². The van der Waals surface area contributed by atoms with Crippen molar-refractivity contribution in [1.29, 1.82) is 0 Å². The summed E-state index contributed by atoms with van der Waals surface area (Å²) in [6.45, 7) is 4.31. The van der Waals surface area contributed by atoms with E-state index in [1.54, 1.807) is 18.3 Å². The van der Waals surface area contributed by atoms with Crippen LogP contribution in [0.3, 0.4) is 0 Å². The maximum absolute atomic E-state index is 13.4. The van der Waals surface area contributed by atoms with Gasteiger partial charge in [-0.25, -0.2) is 4.79 Å². The van der Waals surface area contributed by atoms with Crippen molar-refractivity contribution in [2.75, 3.05) is 12.4 Å². The smallest absolute Gasteiger partial charge is 0.337 e. The van der Waals surface area contributed by atoms with Crippen molar-refractivity contribution < 1.29 is 14.3 Å². The number of carbonyl (C=O) groups is 2. The molecular formula is C26H24N2O3. The van der Waals surface area contributed by atoms with E-state index in [0.29, 0.717) is 12.0 Å². The molecule has 31 heavy (non-hydrogen) atoms. The number of carbonyl (C=O) groups excluding carboxylic acids is 2. The van der Waals surface area contributed by atoms with Crippen LogP contribution >= 0.6 is 0 Å². The molecule has 5 nitrogen and oxygen atoms in total. The second-order valence-electron chi connectivity index (χ2n) is 9.08. The van der Waals surface area contributed by atoms with Crippen LogP contribution in [0.2, 0.25) is 0 Å². The zero-order chi connectivity index (χ0) is 21.8. The predicted octanol–water partition coefficient (Wildman–Crippen LogP) is 5.33. The first-order valence-corrected chi connectivity index (χ1v) is 10.5. The molecule has 156 valence electrons. The van der Waals surface area contributed by atoms with E-state index in [4.69, 9.17) is 4.74 Å². The van der Waals surface area contributed by atoms with Gasteiger partial charge in [-0.3, -0.25) is 9.78 Å². The summed E-state index contributed by atoms with van der Waals surface area (Å²) in [7, 11) is 1.37. The van der Waals surface area contributed by atoms with Crippen molar-refractivity contribution in [3.05, 3.63) is 77.0 Å². The lowest BCUT2D eigenvalue weighted by atomic mass is 9.68. The number of nitrogens with one attached hydrogen (secondary N) is 1. The molecule has 1 aliphatic heterocycles. The first kappa shape index (κ1) is 19.5. The van der Waals surface area contributed by atoms with Gasteiger partial charge in [0.2, 0.25) is 0 Å². The van der Waals surface area contributed by atoms with Crippen molar-refractivity contribution >= 4 is 33.9 Å². The molecule has 0 spiro atoms. The highest BCUT2D eigenvalue weighted by Gasteiger charge is 2.40. The number of anilines is 1. The molecule has 2 heterocycles. The van der Waals surface area contributed by atoms with Crippen LogP contribution in [0.25, 0.3) is 16.5 Å². The number of Topliss-reactive ketones (excluding diaryl/α,β-unsaturated/α-hetero) is 1. The highest BCUT2D eigenvalue weighted by molar-refractivity contribution is 6.12. The average molecular weight is 412 g/mol. The number of benzene rings is 2. The number of hydrogen-bond donors (Lipinski definition) is 1. The molecule has 1 aliphatic carbocycles. The molecule has 0 saturated heterocycles. The minimum Gasteiger partial charge on any atom is -0.465 e. The number of nitrogens with zero attached hydrogens (tertiary/aromatic N) is 1. The quantitative estimate of drug-likeness (QED) is 0.576. The molecular weight excluding hydrogens is 388 g/mol. The number of ketones is 1. The van der Waals surface area contributed by atoms with Crippen LogP contribution in [-0.4, -0.2) is 23.8 Å².